The molecular formula is C28H31FN2O3S. The molecule has 0 bridgehead atoms. The Kier molecular flexibility index (Phi) is 7.02. The van der Waals surface area contributed by atoms with Crippen molar-refractivity contribution >= 4 is 10.0 Å². The number of aliphatic hydroxyl groups excluding tert-OH is 1. The van der Waals surface area contributed by atoms with E-state index in [1.54, 1.807) is 16.4 Å². The van der Waals surface area contributed by atoms with Gasteiger partial charge in [0.05, 0.1) is 12.4 Å². The average Bonchev–Trinajstić information content (AvgIpc) is 2.84. The second-order valence-electron chi connectivity index (χ2n) is 9.52. The second-order valence-corrected chi connectivity index (χ2v) is 11.5. The van der Waals surface area contributed by atoms with E-state index in [0.717, 1.165) is 41.6 Å². The highest BCUT2D eigenvalue weighted by Gasteiger charge is 2.50. The molecule has 2 aliphatic rings. The van der Waals surface area contributed by atoms with Crippen LogP contribution in [0.4, 0.5) is 4.39 Å². The number of hydrogen-bond acceptors (Lipinski definition) is 4. The first-order valence-corrected chi connectivity index (χ1v) is 13.8. The number of rotatable bonds is 6. The molecule has 0 amide bonds. The number of sulfonamides is 1. The van der Waals surface area contributed by atoms with Crippen molar-refractivity contribution in [2.24, 2.45) is 0 Å². The van der Waals surface area contributed by atoms with Gasteiger partial charge in [0, 0.05) is 31.1 Å². The Morgan fingerprint density at radius 2 is 1.49 bits per heavy atom. The smallest absolute Gasteiger partial charge is 0.218 e. The van der Waals surface area contributed by atoms with E-state index < -0.39 is 10.0 Å². The summed E-state index contributed by atoms with van der Waals surface area (Å²) in [5, 5.41) is 10.2. The minimum Gasteiger partial charge on any atom is -0.395 e. The molecule has 0 saturated carbocycles. The maximum atomic E-state index is 13.3. The van der Waals surface area contributed by atoms with E-state index in [2.05, 4.69) is 17.0 Å². The molecule has 35 heavy (non-hydrogen) atoms. The van der Waals surface area contributed by atoms with E-state index in [1.165, 1.54) is 12.1 Å². The van der Waals surface area contributed by atoms with Crippen molar-refractivity contribution in [2.45, 2.75) is 36.6 Å². The summed E-state index contributed by atoms with van der Waals surface area (Å²) in [6.07, 6.45) is 1.72. The van der Waals surface area contributed by atoms with E-state index in [9.17, 15) is 17.9 Å². The number of benzene rings is 3. The molecule has 7 heteroatoms. The van der Waals surface area contributed by atoms with Gasteiger partial charge in [-0.1, -0.05) is 66.7 Å². The number of halogens is 1. The van der Waals surface area contributed by atoms with Crippen molar-refractivity contribution in [1.29, 1.82) is 0 Å². The van der Waals surface area contributed by atoms with Crippen LogP contribution in [0.15, 0.2) is 78.9 Å². The predicted octanol–water partition coefficient (Wildman–Crippen LogP) is 4.25. The highest BCUT2D eigenvalue weighted by molar-refractivity contribution is 7.88. The third-order valence-electron chi connectivity index (χ3n) is 7.39. The molecule has 184 valence electrons. The van der Waals surface area contributed by atoms with Gasteiger partial charge in [-0.2, -0.15) is 0 Å². The van der Waals surface area contributed by atoms with E-state index in [1.807, 2.05) is 42.5 Å². The van der Waals surface area contributed by atoms with Crippen LogP contribution in [0.2, 0.25) is 0 Å². The highest BCUT2D eigenvalue weighted by Crippen LogP contribution is 2.42. The van der Waals surface area contributed by atoms with Crippen LogP contribution in [-0.2, 0) is 15.8 Å². The highest BCUT2D eigenvalue weighted by atomic mass is 32.2. The van der Waals surface area contributed by atoms with Gasteiger partial charge in [0.15, 0.2) is 0 Å². The fourth-order valence-corrected chi connectivity index (χ4v) is 7.16. The molecule has 5 nitrogen and oxygen atoms in total. The molecule has 2 saturated heterocycles. The van der Waals surface area contributed by atoms with Crippen LogP contribution in [0, 0.1) is 5.82 Å². The van der Waals surface area contributed by atoms with Crippen LogP contribution in [0.1, 0.15) is 29.9 Å². The SMILES string of the molecule is O=S(=O)(Cc1ccccc1)N1CCCCN2[C@H](CO)[C@@H](c3ccc(-c4ccc(F)cc4)cc3)[C@H]2C1. The molecule has 2 heterocycles. The van der Waals surface area contributed by atoms with Crippen LogP contribution >= 0.6 is 0 Å². The van der Waals surface area contributed by atoms with E-state index in [-0.39, 0.29) is 36.2 Å². The summed E-state index contributed by atoms with van der Waals surface area (Å²) in [6, 6.07) is 23.9. The van der Waals surface area contributed by atoms with Gasteiger partial charge in [-0.15, -0.1) is 0 Å². The molecule has 0 unspecified atom stereocenters. The zero-order chi connectivity index (χ0) is 24.4. The van der Waals surface area contributed by atoms with Gasteiger partial charge in [0.2, 0.25) is 10.0 Å². The maximum absolute atomic E-state index is 13.3. The first-order chi connectivity index (χ1) is 17.0. The third kappa shape index (κ3) is 5.05. The quantitative estimate of drug-likeness (QED) is 0.557. The van der Waals surface area contributed by atoms with Crippen molar-refractivity contribution in [3.05, 3.63) is 95.8 Å². The largest absolute Gasteiger partial charge is 0.395 e. The minimum absolute atomic E-state index is 0.00101. The monoisotopic (exact) mass is 494 g/mol. The summed E-state index contributed by atoms with van der Waals surface area (Å²) in [6.45, 7) is 1.86. The minimum atomic E-state index is -3.46. The average molecular weight is 495 g/mol. The summed E-state index contributed by atoms with van der Waals surface area (Å²) >= 11 is 0. The van der Waals surface area contributed by atoms with Crippen LogP contribution in [-0.4, -0.2) is 61.1 Å². The molecule has 3 aromatic rings. The molecule has 2 aliphatic heterocycles. The topological polar surface area (TPSA) is 60.9 Å². The first-order valence-electron chi connectivity index (χ1n) is 12.2. The number of nitrogens with zero attached hydrogens (tertiary/aromatic N) is 2. The van der Waals surface area contributed by atoms with Crippen molar-refractivity contribution in [2.75, 3.05) is 26.2 Å². The molecule has 0 aliphatic carbocycles. The summed E-state index contributed by atoms with van der Waals surface area (Å²) in [7, 11) is -3.46. The summed E-state index contributed by atoms with van der Waals surface area (Å²) in [4.78, 5) is 2.28. The maximum Gasteiger partial charge on any atom is 0.218 e. The Morgan fingerprint density at radius 3 is 2.14 bits per heavy atom. The Bertz CT molecular complexity index is 1230. The lowest BCUT2D eigenvalue weighted by Gasteiger charge is -2.57. The van der Waals surface area contributed by atoms with Crippen molar-refractivity contribution in [3.8, 4) is 11.1 Å². The van der Waals surface area contributed by atoms with Crippen molar-refractivity contribution in [3.63, 3.8) is 0 Å². The molecule has 0 radical (unpaired) electrons. The Balaban J connectivity index is 1.38. The Hall–Kier alpha value is -2.58. The fraction of sp³-hybridized carbons (Fsp3) is 0.357. The molecule has 1 N–H and O–H groups in total. The van der Waals surface area contributed by atoms with Gasteiger partial charge >= 0.3 is 0 Å². The number of hydrogen-bond donors (Lipinski definition) is 1. The van der Waals surface area contributed by atoms with E-state index >= 15 is 0 Å². The lowest BCUT2D eigenvalue weighted by Crippen LogP contribution is -2.67. The first kappa shape index (κ1) is 24.1. The number of fused-ring (bicyclic) bond motifs is 1. The van der Waals surface area contributed by atoms with Crippen molar-refractivity contribution < 1.29 is 17.9 Å². The normalized spacial score (nSPS) is 23.7. The van der Waals surface area contributed by atoms with Crippen molar-refractivity contribution in [1.82, 2.24) is 9.21 Å². The van der Waals surface area contributed by atoms with Gasteiger partial charge in [-0.25, -0.2) is 17.1 Å². The summed E-state index contributed by atoms with van der Waals surface area (Å²) < 4.78 is 41.6. The van der Waals surface area contributed by atoms with Crippen LogP contribution < -0.4 is 0 Å². The van der Waals surface area contributed by atoms with Gasteiger partial charge in [-0.3, -0.25) is 4.90 Å². The lowest BCUT2D eigenvalue weighted by atomic mass is 9.74. The predicted molar refractivity (Wildman–Crippen MR) is 136 cm³/mol. The summed E-state index contributed by atoms with van der Waals surface area (Å²) in [5.74, 6) is -0.211. The van der Waals surface area contributed by atoms with Gasteiger partial charge in [-0.05, 0) is 53.8 Å². The third-order valence-corrected chi connectivity index (χ3v) is 9.21. The van der Waals surface area contributed by atoms with Gasteiger partial charge < -0.3 is 5.11 Å². The van der Waals surface area contributed by atoms with Crippen LogP contribution in [0.5, 0.6) is 0 Å². The Morgan fingerprint density at radius 1 is 0.857 bits per heavy atom. The van der Waals surface area contributed by atoms with Crippen LogP contribution in [0.25, 0.3) is 11.1 Å². The van der Waals surface area contributed by atoms with Crippen LogP contribution in [0.3, 0.4) is 0 Å². The summed E-state index contributed by atoms with van der Waals surface area (Å²) in [5.41, 5.74) is 3.82. The molecule has 5 rings (SSSR count). The standard InChI is InChI=1S/C28H31FN2O3S/c29-25-14-12-23(13-15-25)22-8-10-24(11-9-22)28-26-18-30(16-4-5-17-31(26)27(28)19-32)35(33,34)20-21-6-2-1-3-7-21/h1-3,6-15,26-28,32H,4-5,16-20H2/t26-,27-,28+/m1/s1. The Labute approximate surface area is 206 Å². The molecule has 0 aromatic heterocycles. The van der Waals surface area contributed by atoms with Gasteiger partial charge in [0.1, 0.15) is 5.82 Å². The molecule has 2 fully saturated rings. The zero-order valence-electron chi connectivity index (χ0n) is 19.6. The zero-order valence-corrected chi connectivity index (χ0v) is 20.4. The van der Waals surface area contributed by atoms with Gasteiger partial charge in [0.25, 0.3) is 0 Å². The molecule has 0 spiro atoms. The molecular weight excluding hydrogens is 463 g/mol. The second kappa shape index (κ2) is 10.2. The lowest BCUT2D eigenvalue weighted by molar-refractivity contribution is -0.0554. The fourth-order valence-electron chi connectivity index (χ4n) is 5.58. The van der Waals surface area contributed by atoms with E-state index in [4.69, 9.17) is 0 Å². The molecule has 3 aromatic carbocycles. The van der Waals surface area contributed by atoms with E-state index in [0.29, 0.717) is 13.1 Å². The number of aliphatic hydroxyl groups is 1. The molecule has 3 atom stereocenters.